The van der Waals surface area contributed by atoms with Crippen LogP contribution in [0.3, 0.4) is 0 Å². The summed E-state index contributed by atoms with van der Waals surface area (Å²) >= 11 is 0. The van der Waals surface area contributed by atoms with E-state index in [0.29, 0.717) is 17.2 Å². The van der Waals surface area contributed by atoms with E-state index in [4.69, 9.17) is 9.31 Å². The smallest absolute Gasteiger partial charge is 0.399 e. The van der Waals surface area contributed by atoms with E-state index < -0.39 is 18.3 Å². The Morgan fingerprint density at radius 1 is 1.13 bits per heavy atom. The molecule has 0 aliphatic carbocycles. The van der Waals surface area contributed by atoms with Crippen molar-refractivity contribution in [2.75, 3.05) is 5.32 Å². The number of nitrogens with zero attached hydrogens (tertiary/aromatic N) is 4. The van der Waals surface area contributed by atoms with Crippen LogP contribution < -0.4 is 10.8 Å². The molecule has 0 unspecified atom stereocenters. The fourth-order valence-electron chi connectivity index (χ4n) is 3.42. The van der Waals surface area contributed by atoms with Crippen LogP contribution in [-0.2, 0) is 21.8 Å². The van der Waals surface area contributed by atoms with Crippen LogP contribution in [0, 0.1) is 0 Å². The third-order valence-corrected chi connectivity index (χ3v) is 6.19. The molecule has 1 aliphatic heterocycles. The molecule has 4 rings (SSSR count). The first-order valence-corrected chi connectivity index (χ1v) is 10.5. The molecular weight excluding hydrogens is 393 g/mol. The minimum Gasteiger partial charge on any atom is -0.399 e. The maximum atomic E-state index is 12.9. The average Bonchev–Trinajstić information content (AvgIpc) is 3.29. The molecular formula is C22H30BN5O3. The minimum absolute atomic E-state index is 0.103. The quantitative estimate of drug-likeness (QED) is 0.655. The number of fused-ring (bicyclic) bond motifs is 1. The highest BCUT2D eigenvalue weighted by Crippen LogP contribution is 2.36. The average molecular weight is 423 g/mol. The summed E-state index contributed by atoms with van der Waals surface area (Å²) in [5.74, 6) is 0.387. The van der Waals surface area contributed by atoms with Crippen LogP contribution in [0.15, 0.2) is 30.6 Å². The lowest BCUT2D eigenvalue weighted by Gasteiger charge is -2.32. The molecule has 1 aliphatic rings. The van der Waals surface area contributed by atoms with E-state index in [0.717, 1.165) is 11.2 Å². The number of carbonyl (C=O) groups excluding carboxylic acids is 1. The van der Waals surface area contributed by atoms with E-state index >= 15 is 0 Å². The summed E-state index contributed by atoms with van der Waals surface area (Å²) in [7, 11) is 1.34. The fourth-order valence-corrected chi connectivity index (χ4v) is 3.42. The maximum absolute atomic E-state index is 12.9. The van der Waals surface area contributed by atoms with Crippen LogP contribution in [0.4, 0.5) is 5.82 Å². The van der Waals surface area contributed by atoms with Gasteiger partial charge in [-0.15, -0.1) is 0 Å². The standard InChI is InChI=1S/C22H30BN5O3/c1-20(2,3)16-12-18(27(8)26-16)25-19(29)15-13-24-17-11-14(9-10-28(15)17)23-30-21(4,5)22(6,7)31-23/h9-13H,1-8H3,(H,25,29). The molecule has 0 atom stereocenters. The first-order valence-electron chi connectivity index (χ1n) is 10.5. The monoisotopic (exact) mass is 423 g/mol. The van der Waals surface area contributed by atoms with E-state index in [1.165, 1.54) is 0 Å². The van der Waals surface area contributed by atoms with Crippen LogP contribution >= 0.6 is 0 Å². The molecule has 8 nitrogen and oxygen atoms in total. The Kier molecular flexibility index (Phi) is 4.83. The van der Waals surface area contributed by atoms with Crippen molar-refractivity contribution in [3.63, 3.8) is 0 Å². The van der Waals surface area contributed by atoms with E-state index in [-0.39, 0.29) is 11.3 Å². The van der Waals surface area contributed by atoms with Gasteiger partial charge in [0.25, 0.3) is 5.91 Å². The molecule has 1 N–H and O–H groups in total. The second-order valence-electron chi connectivity index (χ2n) is 10.2. The maximum Gasteiger partial charge on any atom is 0.495 e. The fraction of sp³-hybridized carbons (Fsp3) is 0.500. The molecule has 0 spiro atoms. The van der Waals surface area contributed by atoms with Crippen LogP contribution in [0.25, 0.3) is 5.65 Å². The zero-order valence-corrected chi connectivity index (χ0v) is 19.5. The number of imidazole rings is 1. The first kappa shape index (κ1) is 21.6. The van der Waals surface area contributed by atoms with Crippen molar-refractivity contribution >= 4 is 30.0 Å². The van der Waals surface area contributed by atoms with Crippen molar-refractivity contribution in [3.05, 3.63) is 42.0 Å². The Morgan fingerprint density at radius 2 is 1.77 bits per heavy atom. The van der Waals surface area contributed by atoms with Gasteiger partial charge in [0.1, 0.15) is 17.2 Å². The molecule has 31 heavy (non-hydrogen) atoms. The normalized spacial score (nSPS) is 18.0. The number of carbonyl (C=O) groups is 1. The highest BCUT2D eigenvalue weighted by molar-refractivity contribution is 6.62. The van der Waals surface area contributed by atoms with Crippen molar-refractivity contribution in [2.24, 2.45) is 7.05 Å². The van der Waals surface area contributed by atoms with Gasteiger partial charge in [-0.3, -0.25) is 13.9 Å². The lowest BCUT2D eigenvalue weighted by molar-refractivity contribution is 0.00578. The van der Waals surface area contributed by atoms with Crippen LogP contribution in [-0.4, -0.2) is 43.4 Å². The summed E-state index contributed by atoms with van der Waals surface area (Å²) in [6.07, 6.45) is 3.39. The molecule has 3 aromatic heterocycles. The molecule has 1 fully saturated rings. The van der Waals surface area contributed by atoms with Crippen molar-refractivity contribution in [1.29, 1.82) is 0 Å². The summed E-state index contributed by atoms with van der Waals surface area (Å²) in [5.41, 5.74) is 1.93. The molecule has 164 valence electrons. The van der Waals surface area contributed by atoms with Gasteiger partial charge in [0.2, 0.25) is 0 Å². The molecule has 9 heteroatoms. The molecule has 3 aromatic rings. The highest BCUT2D eigenvalue weighted by atomic mass is 16.7. The zero-order chi connectivity index (χ0) is 22.8. The van der Waals surface area contributed by atoms with Gasteiger partial charge in [-0.1, -0.05) is 20.8 Å². The van der Waals surface area contributed by atoms with Gasteiger partial charge in [-0.2, -0.15) is 5.10 Å². The molecule has 4 heterocycles. The Morgan fingerprint density at radius 3 is 2.35 bits per heavy atom. The second kappa shape index (κ2) is 6.93. The number of aryl methyl sites for hydroxylation is 1. The number of pyridine rings is 1. The largest absolute Gasteiger partial charge is 0.495 e. The molecule has 1 amide bonds. The Hall–Kier alpha value is -2.65. The number of hydrogen-bond acceptors (Lipinski definition) is 5. The number of rotatable bonds is 3. The summed E-state index contributed by atoms with van der Waals surface area (Å²) < 4.78 is 15.7. The Labute approximate surface area is 183 Å². The summed E-state index contributed by atoms with van der Waals surface area (Å²) in [4.78, 5) is 17.4. The molecule has 0 bridgehead atoms. The van der Waals surface area contributed by atoms with Crippen molar-refractivity contribution in [2.45, 2.75) is 65.1 Å². The van der Waals surface area contributed by atoms with Crippen molar-refractivity contribution < 1.29 is 14.1 Å². The lowest BCUT2D eigenvalue weighted by atomic mass is 9.80. The second-order valence-corrected chi connectivity index (χ2v) is 10.2. The van der Waals surface area contributed by atoms with E-state index in [1.807, 2.05) is 59.1 Å². The highest BCUT2D eigenvalue weighted by Gasteiger charge is 2.51. The Bertz CT molecular complexity index is 1140. The summed E-state index contributed by atoms with van der Waals surface area (Å²) in [5, 5.41) is 7.45. The third-order valence-electron chi connectivity index (χ3n) is 6.19. The van der Waals surface area contributed by atoms with Crippen LogP contribution in [0.2, 0.25) is 0 Å². The van der Waals surface area contributed by atoms with Gasteiger partial charge >= 0.3 is 7.12 Å². The van der Waals surface area contributed by atoms with Gasteiger partial charge in [0, 0.05) is 24.7 Å². The van der Waals surface area contributed by atoms with Crippen LogP contribution in [0.5, 0.6) is 0 Å². The molecule has 0 aromatic carbocycles. The van der Waals surface area contributed by atoms with Gasteiger partial charge in [0.15, 0.2) is 0 Å². The predicted molar refractivity (Wildman–Crippen MR) is 121 cm³/mol. The van der Waals surface area contributed by atoms with Gasteiger partial charge < -0.3 is 14.6 Å². The minimum atomic E-state index is -0.478. The Balaban J connectivity index is 1.58. The van der Waals surface area contributed by atoms with Crippen molar-refractivity contribution in [1.82, 2.24) is 19.2 Å². The number of amides is 1. The van der Waals surface area contributed by atoms with Gasteiger partial charge in [0.05, 0.1) is 23.1 Å². The third kappa shape index (κ3) is 3.76. The van der Waals surface area contributed by atoms with E-state index in [1.54, 1.807) is 15.3 Å². The zero-order valence-electron chi connectivity index (χ0n) is 19.5. The predicted octanol–water partition coefficient (Wildman–Crippen LogP) is 2.92. The van der Waals surface area contributed by atoms with E-state index in [2.05, 4.69) is 36.2 Å². The SMILES string of the molecule is Cn1nc(C(C)(C)C)cc1NC(=O)c1cnc2cc(B3OC(C)(C)C(C)(C)O3)ccn12. The molecule has 1 saturated heterocycles. The number of hydrogen-bond donors (Lipinski definition) is 1. The van der Waals surface area contributed by atoms with Crippen molar-refractivity contribution in [3.8, 4) is 0 Å². The topological polar surface area (TPSA) is 82.7 Å². The molecule has 0 saturated carbocycles. The van der Waals surface area contributed by atoms with E-state index in [9.17, 15) is 4.79 Å². The van der Waals surface area contributed by atoms with Gasteiger partial charge in [-0.05, 0) is 45.3 Å². The molecule has 0 radical (unpaired) electrons. The number of aromatic nitrogens is 4. The first-order chi connectivity index (χ1) is 14.3. The summed E-state index contributed by atoms with van der Waals surface area (Å²) in [6.45, 7) is 14.3. The number of anilines is 1. The summed E-state index contributed by atoms with van der Waals surface area (Å²) in [6, 6.07) is 5.69. The van der Waals surface area contributed by atoms with Crippen LogP contribution in [0.1, 0.15) is 64.6 Å². The lowest BCUT2D eigenvalue weighted by Crippen LogP contribution is -2.41. The van der Waals surface area contributed by atoms with Gasteiger partial charge in [-0.25, -0.2) is 4.98 Å². The number of nitrogens with one attached hydrogen (secondary N) is 1.